The predicted octanol–water partition coefficient (Wildman–Crippen LogP) is 3.14. The molecule has 2 rings (SSSR count). The third kappa shape index (κ3) is 2.83. The van der Waals surface area contributed by atoms with Crippen LogP contribution >= 0.6 is 0 Å². The maximum Gasteiger partial charge on any atom is 0.317 e. The van der Waals surface area contributed by atoms with Crippen molar-refractivity contribution in [1.29, 1.82) is 0 Å². The molecule has 22 heavy (non-hydrogen) atoms. The van der Waals surface area contributed by atoms with Crippen molar-refractivity contribution in [2.75, 3.05) is 7.11 Å². The van der Waals surface area contributed by atoms with Crippen molar-refractivity contribution < 1.29 is 18.9 Å². The number of esters is 1. The highest BCUT2D eigenvalue weighted by Crippen LogP contribution is 2.32. The molecule has 7 nitrogen and oxygen atoms in total. The zero-order chi connectivity index (χ0) is 16.4. The smallest absolute Gasteiger partial charge is 0.317 e. The molecule has 2 aromatic rings. The number of benzene rings is 1. The SMILES string of the molecule is COC(=O)C(C)c1nc(C)c(-c2ccc([N+](=O)[O-])cc2C)o1. The summed E-state index contributed by atoms with van der Waals surface area (Å²) in [6.45, 7) is 5.16. The minimum absolute atomic E-state index is 0.0153. The lowest BCUT2D eigenvalue weighted by Crippen LogP contribution is -2.10. The van der Waals surface area contributed by atoms with E-state index in [1.165, 1.54) is 19.2 Å². The fourth-order valence-corrected chi connectivity index (χ4v) is 2.15. The Morgan fingerprint density at radius 2 is 2.09 bits per heavy atom. The Balaban J connectivity index is 2.44. The first-order valence-electron chi connectivity index (χ1n) is 6.65. The number of nitro benzene ring substituents is 1. The first kappa shape index (κ1) is 15.7. The van der Waals surface area contributed by atoms with Gasteiger partial charge < -0.3 is 9.15 Å². The number of hydrogen-bond acceptors (Lipinski definition) is 6. The van der Waals surface area contributed by atoms with Crippen molar-refractivity contribution in [3.8, 4) is 11.3 Å². The fourth-order valence-electron chi connectivity index (χ4n) is 2.15. The van der Waals surface area contributed by atoms with Crippen LogP contribution in [0.1, 0.15) is 30.0 Å². The Morgan fingerprint density at radius 1 is 1.41 bits per heavy atom. The van der Waals surface area contributed by atoms with Gasteiger partial charge in [-0.25, -0.2) is 4.98 Å². The fraction of sp³-hybridized carbons (Fsp3) is 0.333. The minimum Gasteiger partial charge on any atom is -0.468 e. The van der Waals surface area contributed by atoms with Gasteiger partial charge >= 0.3 is 5.97 Å². The molecule has 0 fully saturated rings. The largest absolute Gasteiger partial charge is 0.468 e. The van der Waals surface area contributed by atoms with Crippen LogP contribution in [0.2, 0.25) is 0 Å². The molecule has 0 N–H and O–H groups in total. The van der Waals surface area contributed by atoms with Gasteiger partial charge in [-0.3, -0.25) is 14.9 Å². The lowest BCUT2D eigenvalue weighted by atomic mass is 10.0. The monoisotopic (exact) mass is 304 g/mol. The molecular weight excluding hydrogens is 288 g/mol. The third-order valence-electron chi connectivity index (χ3n) is 3.40. The summed E-state index contributed by atoms with van der Waals surface area (Å²) in [6.07, 6.45) is 0. The van der Waals surface area contributed by atoms with E-state index in [0.717, 1.165) is 0 Å². The number of methoxy groups -OCH3 is 1. The summed E-state index contributed by atoms with van der Waals surface area (Å²) >= 11 is 0. The second kappa shape index (κ2) is 5.97. The molecule has 0 aliphatic rings. The highest BCUT2D eigenvalue weighted by Gasteiger charge is 2.24. The molecule has 0 saturated carbocycles. The number of oxazole rings is 1. The van der Waals surface area contributed by atoms with Gasteiger partial charge in [-0.2, -0.15) is 0 Å². The van der Waals surface area contributed by atoms with Crippen LogP contribution in [0.25, 0.3) is 11.3 Å². The van der Waals surface area contributed by atoms with Gasteiger partial charge in [0, 0.05) is 17.7 Å². The van der Waals surface area contributed by atoms with Crippen molar-refractivity contribution >= 4 is 11.7 Å². The molecule has 0 radical (unpaired) electrons. The quantitative estimate of drug-likeness (QED) is 0.489. The number of aromatic nitrogens is 1. The lowest BCUT2D eigenvalue weighted by Gasteiger charge is -2.05. The number of ether oxygens (including phenoxy) is 1. The molecule has 1 aromatic heterocycles. The van der Waals surface area contributed by atoms with Crippen LogP contribution in [-0.4, -0.2) is 23.0 Å². The summed E-state index contributed by atoms with van der Waals surface area (Å²) in [5.74, 6) is -0.292. The van der Waals surface area contributed by atoms with Gasteiger partial charge in [-0.05, 0) is 32.4 Å². The molecule has 0 amide bonds. The van der Waals surface area contributed by atoms with E-state index in [1.807, 2.05) is 0 Å². The molecule has 1 heterocycles. The number of carbonyl (C=O) groups excluding carboxylic acids is 1. The van der Waals surface area contributed by atoms with Gasteiger partial charge in [0.15, 0.2) is 5.76 Å². The number of nitrogens with zero attached hydrogens (tertiary/aromatic N) is 2. The Labute approximate surface area is 127 Å². The molecule has 116 valence electrons. The van der Waals surface area contributed by atoms with Crippen molar-refractivity contribution in [2.24, 2.45) is 0 Å². The summed E-state index contributed by atoms with van der Waals surface area (Å²) in [4.78, 5) is 26.2. The van der Waals surface area contributed by atoms with Gasteiger partial charge in [-0.15, -0.1) is 0 Å². The molecule has 1 atom stereocenters. The van der Waals surface area contributed by atoms with Crippen LogP contribution in [0.15, 0.2) is 22.6 Å². The van der Waals surface area contributed by atoms with E-state index < -0.39 is 16.8 Å². The Bertz CT molecular complexity index is 736. The summed E-state index contributed by atoms with van der Waals surface area (Å²) in [7, 11) is 1.30. The van der Waals surface area contributed by atoms with Gasteiger partial charge in [0.1, 0.15) is 5.92 Å². The molecule has 0 spiro atoms. The molecular formula is C15H16N2O5. The normalized spacial score (nSPS) is 12.0. The van der Waals surface area contributed by atoms with Crippen LogP contribution in [-0.2, 0) is 9.53 Å². The van der Waals surface area contributed by atoms with E-state index in [0.29, 0.717) is 22.6 Å². The van der Waals surface area contributed by atoms with Gasteiger partial charge in [0.2, 0.25) is 5.89 Å². The first-order valence-corrected chi connectivity index (χ1v) is 6.65. The van der Waals surface area contributed by atoms with Gasteiger partial charge in [0.05, 0.1) is 17.7 Å². The second-order valence-corrected chi connectivity index (χ2v) is 4.97. The Kier molecular flexibility index (Phi) is 4.25. The van der Waals surface area contributed by atoms with Crippen LogP contribution in [0.3, 0.4) is 0 Å². The third-order valence-corrected chi connectivity index (χ3v) is 3.40. The average Bonchev–Trinajstić information content (AvgIpc) is 2.87. The van der Waals surface area contributed by atoms with Gasteiger partial charge in [0.25, 0.3) is 5.69 Å². The summed E-state index contributed by atoms with van der Waals surface area (Å²) in [5.41, 5.74) is 2.04. The van der Waals surface area contributed by atoms with E-state index in [1.54, 1.807) is 26.8 Å². The second-order valence-electron chi connectivity index (χ2n) is 4.97. The van der Waals surface area contributed by atoms with Gasteiger partial charge in [-0.1, -0.05) is 0 Å². The van der Waals surface area contributed by atoms with Crippen LogP contribution in [0, 0.1) is 24.0 Å². The highest BCUT2D eigenvalue weighted by atomic mass is 16.6. The van der Waals surface area contributed by atoms with Crippen LogP contribution in [0.5, 0.6) is 0 Å². The van der Waals surface area contributed by atoms with E-state index in [9.17, 15) is 14.9 Å². The number of non-ortho nitro benzene ring substituents is 1. The summed E-state index contributed by atoms with van der Waals surface area (Å²) in [5, 5.41) is 10.8. The molecule has 1 aromatic carbocycles. The van der Waals surface area contributed by atoms with Crippen molar-refractivity contribution in [3.63, 3.8) is 0 Å². The molecule has 0 saturated heterocycles. The zero-order valence-electron chi connectivity index (χ0n) is 12.7. The Hall–Kier alpha value is -2.70. The summed E-state index contributed by atoms with van der Waals surface area (Å²) in [6, 6.07) is 4.50. The molecule has 7 heteroatoms. The number of rotatable bonds is 4. The minimum atomic E-state index is -0.615. The Morgan fingerprint density at radius 3 is 2.64 bits per heavy atom. The molecule has 0 aliphatic carbocycles. The van der Waals surface area contributed by atoms with Crippen molar-refractivity contribution in [3.05, 3.63) is 45.5 Å². The predicted molar refractivity (Wildman–Crippen MR) is 78.5 cm³/mol. The molecule has 0 aliphatic heterocycles. The first-order chi connectivity index (χ1) is 10.3. The van der Waals surface area contributed by atoms with E-state index in [2.05, 4.69) is 9.72 Å². The number of hydrogen-bond donors (Lipinski definition) is 0. The van der Waals surface area contributed by atoms with Crippen LogP contribution in [0.4, 0.5) is 5.69 Å². The molecule has 0 bridgehead atoms. The standard InChI is InChI=1S/C15H16N2O5/c1-8-7-11(17(19)20)5-6-12(8)13-10(3)16-14(22-13)9(2)15(18)21-4/h5-7,9H,1-4H3. The number of nitro groups is 1. The van der Waals surface area contributed by atoms with Crippen molar-refractivity contribution in [2.45, 2.75) is 26.7 Å². The zero-order valence-corrected chi connectivity index (χ0v) is 12.7. The maximum absolute atomic E-state index is 11.6. The van der Waals surface area contributed by atoms with E-state index in [-0.39, 0.29) is 11.6 Å². The molecule has 1 unspecified atom stereocenters. The number of carbonyl (C=O) groups is 1. The van der Waals surface area contributed by atoms with E-state index >= 15 is 0 Å². The maximum atomic E-state index is 11.6. The highest BCUT2D eigenvalue weighted by molar-refractivity contribution is 5.76. The summed E-state index contributed by atoms with van der Waals surface area (Å²) < 4.78 is 10.4. The van der Waals surface area contributed by atoms with Crippen molar-refractivity contribution in [1.82, 2.24) is 4.98 Å². The number of aryl methyl sites for hydroxylation is 2. The van der Waals surface area contributed by atoms with Crippen LogP contribution < -0.4 is 0 Å². The van der Waals surface area contributed by atoms with E-state index in [4.69, 9.17) is 4.42 Å². The lowest BCUT2D eigenvalue weighted by molar-refractivity contribution is -0.384. The topological polar surface area (TPSA) is 95.5 Å². The average molecular weight is 304 g/mol.